The first-order chi connectivity index (χ1) is 15.7. The van der Waals surface area contributed by atoms with Gasteiger partial charge in [-0.15, -0.1) is 0 Å². The van der Waals surface area contributed by atoms with E-state index in [0.717, 1.165) is 0 Å². The van der Waals surface area contributed by atoms with Gasteiger partial charge < -0.3 is 14.7 Å². The molecular weight excluding hydrogens is 446 g/mol. The van der Waals surface area contributed by atoms with Gasteiger partial charge in [0, 0.05) is 18.6 Å². The normalized spacial score (nSPS) is 20.8. The van der Waals surface area contributed by atoms with Crippen LogP contribution < -0.4 is 4.74 Å². The summed E-state index contributed by atoms with van der Waals surface area (Å²) in [6, 6.07) is 14.1. The number of β-lactam (4-membered cyclic amide) rings is 1. The number of carboxylic acid groups (broad SMARTS) is 1. The van der Waals surface area contributed by atoms with Crippen LogP contribution in [0.2, 0.25) is 0 Å². The lowest BCUT2D eigenvalue weighted by Gasteiger charge is -2.52. The Hall–Kier alpha value is -3.66. The number of carboxylic acids is 1. The number of non-ortho nitro benzene ring substituents is 1. The van der Waals surface area contributed by atoms with Crippen LogP contribution in [0.3, 0.4) is 0 Å². The highest BCUT2D eigenvalue weighted by molar-refractivity contribution is 8.15. The largest absolute Gasteiger partial charge is 0.487 e. The highest BCUT2D eigenvalue weighted by Crippen LogP contribution is 2.46. The molecule has 2 aromatic rings. The van der Waals surface area contributed by atoms with Crippen LogP contribution in [0.5, 0.6) is 5.75 Å². The van der Waals surface area contributed by atoms with Crippen molar-refractivity contribution in [1.82, 2.24) is 4.90 Å². The number of para-hydroxylation sites is 1. The fourth-order valence-corrected chi connectivity index (χ4v) is 5.26. The number of benzene rings is 2. The molecule has 2 aromatic carbocycles. The summed E-state index contributed by atoms with van der Waals surface area (Å²) in [5.41, 5.74) is -0.974. The zero-order valence-corrected chi connectivity index (χ0v) is 18.5. The van der Waals surface area contributed by atoms with Gasteiger partial charge in [0.15, 0.2) is 11.6 Å². The van der Waals surface area contributed by atoms with Crippen LogP contribution in [-0.2, 0) is 16.0 Å². The van der Waals surface area contributed by atoms with Gasteiger partial charge in [0.1, 0.15) is 22.8 Å². The summed E-state index contributed by atoms with van der Waals surface area (Å²) in [6.07, 6.45) is -0.0684. The SMILES string of the molecule is C=C(C)C(Cc1ccc([N+](=O)[O-])cc1)(C(=O)O)N1C(=O)C2N=C(COc3ccccc3)SC21. The fraction of sp³-hybridized carbons (Fsp3) is 0.261. The van der Waals surface area contributed by atoms with Crippen LogP contribution in [0, 0.1) is 10.1 Å². The maximum atomic E-state index is 13.0. The highest BCUT2D eigenvalue weighted by Gasteiger charge is 2.63. The van der Waals surface area contributed by atoms with Gasteiger partial charge in [-0.3, -0.25) is 19.9 Å². The number of likely N-dealkylation sites (tertiary alicyclic amines) is 1. The van der Waals surface area contributed by atoms with E-state index in [9.17, 15) is 24.8 Å². The summed E-state index contributed by atoms with van der Waals surface area (Å²) in [7, 11) is 0. The quantitative estimate of drug-likeness (QED) is 0.260. The standard InChI is InChI=1S/C23H21N3O6S/c1-14(2)23(22(28)29,12-15-8-10-16(11-9-15)26(30)31)25-20(27)19-21(25)33-18(24-19)13-32-17-6-4-3-5-7-17/h3-11,19,21H,1,12-13H2,2H3,(H,28,29). The average molecular weight is 468 g/mol. The Morgan fingerprint density at radius 2 is 1.94 bits per heavy atom. The minimum Gasteiger partial charge on any atom is -0.487 e. The average Bonchev–Trinajstić information content (AvgIpc) is 3.16. The smallest absolute Gasteiger partial charge is 0.334 e. The predicted octanol–water partition coefficient (Wildman–Crippen LogP) is 3.30. The topological polar surface area (TPSA) is 122 Å². The van der Waals surface area contributed by atoms with E-state index in [2.05, 4.69) is 11.6 Å². The first kappa shape index (κ1) is 22.5. The van der Waals surface area contributed by atoms with Crippen LogP contribution in [0.25, 0.3) is 0 Å². The lowest BCUT2D eigenvalue weighted by molar-refractivity contribution is -0.384. The van der Waals surface area contributed by atoms with E-state index < -0.39 is 33.8 Å². The number of aliphatic imine (C=N–C) groups is 1. The third-order valence-corrected chi connectivity index (χ3v) is 6.94. The fourth-order valence-electron chi connectivity index (χ4n) is 3.98. The van der Waals surface area contributed by atoms with Crippen LogP contribution in [-0.4, -0.2) is 55.4 Å². The van der Waals surface area contributed by atoms with E-state index in [1.165, 1.54) is 40.9 Å². The number of fused-ring (bicyclic) bond motifs is 1. The third-order valence-electron chi connectivity index (χ3n) is 5.74. The lowest BCUT2D eigenvalue weighted by Crippen LogP contribution is -2.73. The van der Waals surface area contributed by atoms with Crippen molar-refractivity contribution < 1.29 is 24.4 Å². The number of hydrogen-bond acceptors (Lipinski definition) is 7. The number of nitro groups is 1. The number of carbonyl (C=O) groups excluding carboxylic acids is 1. The molecule has 0 aliphatic carbocycles. The van der Waals surface area contributed by atoms with Crippen molar-refractivity contribution in [3.63, 3.8) is 0 Å². The number of rotatable bonds is 9. The second-order valence-electron chi connectivity index (χ2n) is 7.83. The van der Waals surface area contributed by atoms with E-state index in [0.29, 0.717) is 16.4 Å². The monoisotopic (exact) mass is 467 g/mol. The molecule has 10 heteroatoms. The summed E-state index contributed by atoms with van der Waals surface area (Å²) in [4.78, 5) is 41.8. The lowest BCUT2D eigenvalue weighted by atomic mass is 9.80. The summed E-state index contributed by atoms with van der Waals surface area (Å²) in [6.45, 7) is 5.63. The number of nitrogens with zero attached hydrogens (tertiary/aromatic N) is 3. The predicted molar refractivity (Wildman–Crippen MR) is 123 cm³/mol. The van der Waals surface area contributed by atoms with Gasteiger partial charge in [-0.05, 0) is 30.2 Å². The Morgan fingerprint density at radius 1 is 1.27 bits per heavy atom. The molecule has 33 heavy (non-hydrogen) atoms. The summed E-state index contributed by atoms with van der Waals surface area (Å²) in [5.74, 6) is -0.938. The van der Waals surface area contributed by atoms with Crippen molar-refractivity contribution in [2.45, 2.75) is 30.3 Å². The first-order valence-electron chi connectivity index (χ1n) is 10.1. The molecule has 1 N–H and O–H groups in total. The molecule has 1 saturated heterocycles. The molecule has 0 bridgehead atoms. The molecule has 3 atom stereocenters. The van der Waals surface area contributed by atoms with Gasteiger partial charge >= 0.3 is 5.97 Å². The maximum absolute atomic E-state index is 13.0. The molecule has 9 nitrogen and oxygen atoms in total. The highest BCUT2D eigenvalue weighted by atomic mass is 32.2. The minimum atomic E-state index is -1.70. The molecule has 4 rings (SSSR count). The first-order valence-corrected chi connectivity index (χ1v) is 11.0. The molecule has 0 aromatic heterocycles. The zero-order valence-electron chi connectivity index (χ0n) is 17.7. The number of thioether (sulfide) groups is 1. The van der Waals surface area contributed by atoms with Gasteiger partial charge in [-0.1, -0.05) is 48.7 Å². The van der Waals surface area contributed by atoms with Crippen molar-refractivity contribution >= 4 is 34.4 Å². The van der Waals surface area contributed by atoms with Crippen LogP contribution >= 0.6 is 11.8 Å². The van der Waals surface area contributed by atoms with E-state index in [1.54, 1.807) is 6.92 Å². The molecule has 2 aliphatic rings. The van der Waals surface area contributed by atoms with Crippen molar-refractivity contribution in [1.29, 1.82) is 0 Å². The van der Waals surface area contributed by atoms with Gasteiger partial charge in [0.05, 0.1) is 4.92 Å². The van der Waals surface area contributed by atoms with Crippen molar-refractivity contribution in [2.75, 3.05) is 6.61 Å². The van der Waals surface area contributed by atoms with E-state index in [4.69, 9.17) is 4.74 Å². The third kappa shape index (κ3) is 3.97. The van der Waals surface area contributed by atoms with Crippen LogP contribution in [0.4, 0.5) is 5.69 Å². The van der Waals surface area contributed by atoms with Gasteiger partial charge in [-0.25, -0.2) is 4.79 Å². The number of aliphatic carboxylic acids is 1. The van der Waals surface area contributed by atoms with Gasteiger partial charge in [0.25, 0.3) is 11.6 Å². The molecule has 0 spiro atoms. The Morgan fingerprint density at radius 3 is 2.52 bits per heavy atom. The number of hydrogen-bond donors (Lipinski definition) is 1. The molecule has 1 fully saturated rings. The molecule has 0 radical (unpaired) electrons. The Kier molecular flexibility index (Phi) is 5.94. The number of carbonyl (C=O) groups is 2. The van der Waals surface area contributed by atoms with Crippen molar-refractivity contribution in [2.24, 2.45) is 4.99 Å². The van der Waals surface area contributed by atoms with E-state index in [-0.39, 0.29) is 24.3 Å². The molecule has 2 aliphatic heterocycles. The van der Waals surface area contributed by atoms with Crippen LogP contribution in [0.1, 0.15) is 12.5 Å². The van der Waals surface area contributed by atoms with E-state index in [1.807, 2.05) is 30.3 Å². The number of nitro benzene ring substituents is 1. The molecule has 170 valence electrons. The second-order valence-corrected chi connectivity index (χ2v) is 9.02. The number of amides is 1. The molecule has 2 heterocycles. The Bertz CT molecular complexity index is 1130. The molecule has 3 unspecified atom stereocenters. The second kappa shape index (κ2) is 8.70. The summed E-state index contributed by atoms with van der Waals surface area (Å²) < 4.78 is 5.72. The number of ether oxygens (including phenoxy) is 1. The van der Waals surface area contributed by atoms with Gasteiger partial charge in [-0.2, -0.15) is 0 Å². The van der Waals surface area contributed by atoms with Gasteiger partial charge in [0.2, 0.25) is 0 Å². The maximum Gasteiger partial charge on any atom is 0.334 e. The van der Waals surface area contributed by atoms with Crippen molar-refractivity contribution in [3.8, 4) is 5.75 Å². The molecule has 0 saturated carbocycles. The zero-order chi connectivity index (χ0) is 23.8. The minimum absolute atomic E-state index is 0.0684. The van der Waals surface area contributed by atoms with Crippen molar-refractivity contribution in [3.05, 3.63) is 82.4 Å². The summed E-state index contributed by atoms with van der Waals surface area (Å²) >= 11 is 1.31. The van der Waals surface area contributed by atoms with Crippen LogP contribution in [0.15, 0.2) is 71.7 Å². The molecular formula is C23H21N3O6S. The van der Waals surface area contributed by atoms with E-state index >= 15 is 0 Å². The molecule has 1 amide bonds. The Labute approximate surface area is 193 Å². The Balaban J connectivity index is 1.55. The summed E-state index contributed by atoms with van der Waals surface area (Å²) in [5, 5.41) is 21.3.